The monoisotopic (exact) mass is 599 g/mol. The van der Waals surface area contributed by atoms with Gasteiger partial charge in [0.15, 0.2) is 0 Å². The summed E-state index contributed by atoms with van der Waals surface area (Å²) in [6.45, 7) is 5.45. The van der Waals surface area contributed by atoms with Gasteiger partial charge in [0, 0.05) is 24.2 Å². The largest absolute Gasteiger partial charge is 0.507 e. The van der Waals surface area contributed by atoms with Crippen LogP contribution >= 0.6 is 0 Å². The van der Waals surface area contributed by atoms with E-state index < -0.39 is 12.1 Å². The van der Waals surface area contributed by atoms with Crippen molar-refractivity contribution in [2.75, 3.05) is 13.7 Å². The Bertz CT molecular complexity index is 1470. The number of carbonyl (C=O) groups is 1. The van der Waals surface area contributed by atoms with Gasteiger partial charge in [0.05, 0.1) is 25.4 Å². The molecule has 0 aliphatic heterocycles. The first-order valence-electron chi connectivity index (χ1n) is 16.2. The maximum atomic E-state index is 12.7. The van der Waals surface area contributed by atoms with Gasteiger partial charge in [0.2, 0.25) is 0 Å². The molecule has 6 atom stereocenters. The Morgan fingerprint density at radius 2 is 1.80 bits per heavy atom. The summed E-state index contributed by atoms with van der Waals surface area (Å²) in [5.74, 6) is 3.01. The number of aliphatic hydroxyl groups is 1. The second-order valence-electron chi connectivity index (χ2n) is 13.1. The molecule has 0 bridgehead atoms. The Balaban J connectivity index is 1.06. The van der Waals surface area contributed by atoms with E-state index in [2.05, 4.69) is 37.4 Å². The molecule has 0 spiro atoms. The number of fused-ring (bicyclic) bond motifs is 5. The minimum Gasteiger partial charge on any atom is -0.507 e. The molecule has 3 aromatic rings. The van der Waals surface area contributed by atoms with E-state index >= 15 is 0 Å². The molecule has 0 aromatic heterocycles. The lowest BCUT2D eigenvalue weighted by Gasteiger charge is -2.50. The predicted octanol–water partition coefficient (Wildman–Crippen LogP) is 6.78. The van der Waals surface area contributed by atoms with Gasteiger partial charge in [0.25, 0.3) is 0 Å². The van der Waals surface area contributed by atoms with Crippen LogP contribution in [0.3, 0.4) is 0 Å². The molecule has 234 valence electrons. The highest BCUT2D eigenvalue weighted by atomic mass is 16.5. The second kappa shape index (κ2) is 12.8. The first kappa shape index (κ1) is 30.5. The minimum atomic E-state index is -0.497. The molecule has 3 N–H and O–H groups in total. The highest BCUT2D eigenvalue weighted by molar-refractivity contribution is 5.91. The van der Waals surface area contributed by atoms with Crippen LogP contribution < -0.4 is 19.5 Å². The fraction of sp³-hybridized carbons (Fsp3) is 0.486. The highest BCUT2D eigenvalue weighted by Crippen LogP contribution is 2.61. The molecule has 6 rings (SSSR count). The minimum absolute atomic E-state index is 0.0492. The van der Waals surface area contributed by atoms with Crippen LogP contribution in [0.1, 0.15) is 85.3 Å². The van der Waals surface area contributed by atoms with Crippen LogP contribution in [-0.4, -0.2) is 42.0 Å². The van der Waals surface area contributed by atoms with Gasteiger partial charge in [-0.2, -0.15) is 0 Å². The number of aliphatic hydroxyl groups excluding tert-OH is 1. The van der Waals surface area contributed by atoms with E-state index in [-0.39, 0.29) is 23.0 Å². The van der Waals surface area contributed by atoms with Crippen molar-refractivity contribution in [2.24, 2.45) is 17.3 Å². The fourth-order valence-corrected chi connectivity index (χ4v) is 8.09. The van der Waals surface area contributed by atoms with E-state index in [1.54, 1.807) is 43.5 Å². The molecule has 0 radical (unpaired) electrons. The van der Waals surface area contributed by atoms with Gasteiger partial charge in [0.1, 0.15) is 23.0 Å². The Kier molecular flexibility index (Phi) is 8.88. The van der Waals surface area contributed by atoms with Crippen LogP contribution in [0.25, 0.3) is 0 Å². The van der Waals surface area contributed by atoms with Crippen LogP contribution in [0.5, 0.6) is 23.0 Å². The lowest BCUT2D eigenvalue weighted by molar-refractivity contribution is -0.0281. The standard InChI is InChI=1S/C37H45NO6/c1-4-5-18-43-26-10-6-23(7-11-26)36(41)44-28-12-8-25(34(39)20-28)22-38-33-21-32-31-14-9-24-19-27(42-3)13-15-29(24)30(31)16-17-37(32,2)35(33)40/h6-8,10-13,15,19-20,30-33,35,38-40H,4-5,9,14,16-18,21-22H2,1-3H3/t30?,31?,32?,33-,35+,37-/m0/s1. The van der Waals surface area contributed by atoms with E-state index in [9.17, 15) is 15.0 Å². The lowest BCUT2D eigenvalue weighted by atomic mass is 9.55. The van der Waals surface area contributed by atoms with Crippen molar-refractivity contribution >= 4 is 5.97 Å². The Hall–Kier alpha value is -3.55. The average molecular weight is 600 g/mol. The molecular formula is C37H45NO6. The van der Waals surface area contributed by atoms with Crippen molar-refractivity contribution < 1.29 is 29.2 Å². The molecule has 0 saturated heterocycles. The first-order valence-corrected chi connectivity index (χ1v) is 16.2. The zero-order valence-corrected chi connectivity index (χ0v) is 26.1. The third kappa shape index (κ3) is 5.92. The number of unbranched alkanes of at least 4 members (excludes halogenated alkanes) is 1. The van der Waals surface area contributed by atoms with Crippen LogP contribution in [0, 0.1) is 17.3 Å². The summed E-state index contributed by atoms with van der Waals surface area (Å²) in [5.41, 5.74) is 3.87. The number of esters is 1. The highest BCUT2D eigenvalue weighted by Gasteiger charge is 2.57. The van der Waals surface area contributed by atoms with Gasteiger partial charge in [-0.15, -0.1) is 0 Å². The van der Waals surface area contributed by atoms with Crippen molar-refractivity contribution in [1.82, 2.24) is 5.32 Å². The third-order valence-corrected chi connectivity index (χ3v) is 10.6. The number of benzene rings is 3. The molecule has 0 amide bonds. The number of aromatic hydroxyl groups is 1. The van der Waals surface area contributed by atoms with E-state index in [4.69, 9.17) is 14.2 Å². The topological polar surface area (TPSA) is 97.3 Å². The first-order chi connectivity index (χ1) is 21.3. The number of ether oxygens (including phenoxy) is 3. The number of methoxy groups -OCH3 is 1. The van der Waals surface area contributed by atoms with Gasteiger partial charge in [-0.25, -0.2) is 4.79 Å². The maximum Gasteiger partial charge on any atom is 0.343 e. The molecule has 2 saturated carbocycles. The number of aryl methyl sites for hydroxylation is 1. The summed E-state index contributed by atoms with van der Waals surface area (Å²) in [6, 6.07) is 18.3. The summed E-state index contributed by atoms with van der Waals surface area (Å²) >= 11 is 0. The average Bonchev–Trinajstić information content (AvgIpc) is 3.30. The second-order valence-corrected chi connectivity index (χ2v) is 13.1. The van der Waals surface area contributed by atoms with Crippen molar-refractivity contribution in [3.63, 3.8) is 0 Å². The van der Waals surface area contributed by atoms with Crippen molar-refractivity contribution in [3.8, 4) is 23.0 Å². The molecule has 3 aromatic carbocycles. The van der Waals surface area contributed by atoms with E-state index in [0.717, 1.165) is 56.4 Å². The Labute approximate surface area is 260 Å². The molecule has 44 heavy (non-hydrogen) atoms. The number of hydrogen-bond acceptors (Lipinski definition) is 7. The molecule has 3 unspecified atom stereocenters. The normalized spacial score (nSPS) is 27.1. The van der Waals surface area contributed by atoms with Crippen molar-refractivity contribution in [1.29, 1.82) is 0 Å². The molecule has 7 nitrogen and oxygen atoms in total. The number of rotatable bonds is 10. The molecular weight excluding hydrogens is 554 g/mol. The predicted molar refractivity (Wildman–Crippen MR) is 170 cm³/mol. The number of phenolic OH excluding ortho intramolecular Hbond substituents is 1. The zero-order chi connectivity index (χ0) is 30.8. The summed E-state index contributed by atoms with van der Waals surface area (Å²) in [5, 5.41) is 25.9. The van der Waals surface area contributed by atoms with E-state index in [1.807, 2.05) is 0 Å². The number of carbonyl (C=O) groups excluding carboxylic acids is 1. The van der Waals surface area contributed by atoms with E-state index in [1.165, 1.54) is 17.2 Å². The molecule has 0 heterocycles. The van der Waals surface area contributed by atoms with Gasteiger partial charge in [-0.3, -0.25) is 0 Å². The molecule has 3 aliphatic rings. The van der Waals surface area contributed by atoms with Crippen molar-refractivity contribution in [3.05, 3.63) is 82.9 Å². The molecule has 7 heteroatoms. The maximum absolute atomic E-state index is 12.7. The molecule has 2 fully saturated rings. The van der Waals surface area contributed by atoms with E-state index in [0.29, 0.717) is 42.0 Å². The van der Waals surface area contributed by atoms with Crippen LogP contribution in [0.15, 0.2) is 60.7 Å². The van der Waals surface area contributed by atoms with Crippen LogP contribution in [0.2, 0.25) is 0 Å². The van der Waals surface area contributed by atoms with Gasteiger partial charge in [-0.1, -0.05) is 32.4 Å². The summed E-state index contributed by atoms with van der Waals surface area (Å²) in [6.07, 6.45) is 6.80. The Morgan fingerprint density at radius 1 is 1.02 bits per heavy atom. The van der Waals surface area contributed by atoms with Gasteiger partial charge < -0.3 is 29.7 Å². The lowest BCUT2D eigenvalue weighted by Crippen LogP contribution is -2.46. The summed E-state index contributed by atoms with van der Waals surface area (Å²) in [7, 11) is 1.72. The van der Waals surface area contributed by atoms with Gasteiger partial charge in [-0.05, 0) is 115 Å². The number of nitrogens with one attached hydrogen (secondary N) is 1. The quantitative estimate of drug-likeness (QED) is 0.134. The molecule has 3 aliphatic carbocycles. The zero-order valence-electron chi connectivity index (χ0n) is 26.1. The summed E-state index contributed by atoms with van der Waals surface area (Å²) < 4.78 is 16.7. The summed E-state index contributed by atoms with van der Waals surface area (Å²) in [4.78, 5) is 12.7. The number of phenols is 1. The fourth-order valence-electron chi connectivity index (χ4n) is 8.09. The Morgan fingerprint density at radius 3 is 2.55 bits per heavy atom. The van der Waals surface area contributed by atoms with Crippen LogP contribution in [0.4, 0.5) is 0 Å². The van der Waals surface area contributed by atoms with Crippen molar-refractivity contribution in [2.45, 2.75) is 83.4 Å². The smallest absolute Gasteiger partial charge is 0.343 e. The van der Waals surface area contributed by atoms with Crippen LogP contribution in [-0.2, 0) is 13.0 Å². The van der Waals surface area contributed by atoms with Gasteiger partial charge >= 0.3 is 5.97 Å². The number of hydrogen-bond donors (Lipinski definition) is 3. The third-order valence-electron chi connectivity index (χ3n) is 10.6. The SMILES string of the molecule is CCCCOc1ccc(C(=O)Oc2ccc(CN[C@H]3CC4C5CCc6cc(OC)ccc6C5CC[C@]4(C)[C@@H]3O)c(O)c2)cc1.